The van der Waals surface area contributed by atoms with Crippen LogP contribution < -0.4 is 5.73 Å². The van der Waals surface area contributed by atoms with E-state index in [1.807, 2.05) is 13.8 Å². The van der Waals surface area contributed by atoms with Crippen LogP contribution in [0.4, 0.5) is 0 Å². The van der Waals surface area contributed by atoms with Gasteiger partial charge in [-0.05, 0) is 45.4 Å². The van der Waals surface area contributed by atoms with Crippen molar-refractivity contribution in [1.82, 2.24) is 0 Å². The molecule has 4 heteroatoms. The lowest BCUT2D eigenvalue weighted by molar-refractivity contribution is -0.167. The molecule has 0 aromatic carbocycles. The Balaban J connectivity index is 1.89. The van der Waals surface area contributed by atoms with Crippen LogP contribution in [0.25, 0.3) is 0 Å². The third-order valence-corrected chi connectivity index (χ3v) is 4.50. The summed E-state index contributed by atoms with van der Waals surface area (Å²) in [7, 11) is 0. The molecule has 0 aromatic rings. The maximum atomic E-state index is 12.3. The van der Waals surface area contributed by atoms with Gasteiger partial charge in [0.1, 0.15) is 11.6 Å². The Kier molecular flexibility index (Phi) is 4.51. The summed E-state index contributed by atoms with van der Waals surface area (Å²) in [5, 5.41) is 0. The number of carbonyl (C=O) groups excluding carboxylic acids is 1. The van der Waals surface area contributed by atoms with E-state index in [-0.39, 0.29) is 24.3 Å². The summed E-state index contributed by atoms with van der Waals surface area (Å²) < 4.78 is 11.3. The van der Waals surface area contributed by atoms with Crippen LogP contribution in [0.1, 0.15) is 59.3 Å². The number of hydrogen-bond acceptors (Lipinski definition) is 4. The van der Waals surface area contributed by atoms with Gasteiger partial charge in [0.2, 0.25) is 0 Å². The van der Waals surface area contributed by atoms with E-state index in [1.165, 1.54) is 0 Å². The summed E-state index contributed by atoms with van der Waals surface area (Å²) in [6.45, 7) is 6.26. The first-order chi connectivity index (χ1) is 8.89. The van der Waals surface area contributed by atoms with Crippen molar-refractivity contribution in [3.63, 3.8) is 0 Å². The van der Waals surface area contributed by atoms with Crippen molar-refractivity contribution in [3.05, 3.63) is 0 Å². The molecule has 0 radical (unpaired) electrons. The number of esters is 1. The van der Waals surface area contributed by atoms with Crippen molar-refractivity contribution in [1.29, 1.82) is 0 Å². The van der Waals surface area contributed by atoms with Gasteiger partial charge >= 0.3 is 5.97 Å². The summed E-state index contributed by atoms with van der Waals surface area (Å²) in [5.41, 5.74) is 5.49. The highest BCUT2D eigenvalue weighted by Gasteiger charge is 2.40. The van der Waals surface area contributed by atoms with E-state index in [9.17, 15) is 4.79 Å². The lowest BCUT2D eigenvalue weighted by atomic mass is 9.78. The van der Waals surface area contributed by atoms with E-state index >= 15 is 0 Å². The predicted molar refractivity (Wildman–Crippen MR) is 73.7 cm³/mol. The number of rotatable bonds is 2. The zero-order chi connectivity index (χ0) is 14.0. The minimum Gasteiger partial charge on any atom is -0.461 e. The normalized spacial score (nSPS) is 43.8. The fourth-order valence-electron chi connectivity index (χ4n) is 3.19. The van der Waals surface area contributed by atoms with Crippen LogP contribution in [0.5, 0.6) is 0 Å². The molecule has 2 aliphatic rings. The summed E-state index contributed by atoms with van der Waals surface area (Å²) in [5.74, 6) is 0.471. The molecule has 2 rings (SSSR count). The van der Waals surface area contributed by atoms with Crippen LogP contribution in [0.15, 0.2) is 0 Å². The number of hydrogen-bond donors (Lipinski definition) is 1. The molecule has 2 atom stereocenters. The van der Waals surface area contributed by atoms with Crippen LogP contribution in [0, 0.1) is 5.92 Å². The SMILES string of the molecule is CC1CCC(N)(C(=O)OC2CC(C)OC(C)C2)CC1. The van der Waals surface area contributed by atoms with E-state index in [0.717, 1.165) is 38.5 Å². The second-order valence-corrected chi connectivity index (χ2v) is 6.59. The molecule has 2 unspecified atom stereocenters. The summed E-state index contributed by atoms with van der Waals surface area (Å²) in [6.07, 6.45) is 5.38. The van der Waals surface area contributed by atoms with Crippen LogP contribution >= 0.6 is 0 Å². The largest absolute Gasteiger partial charge is 0.461 e. The highest BCUT2D eigenvalue weighted by molar-refractivity contribution is 5.80. The first-order valence-electron chi connectivity index (χ1n) is 7.54. The minimum absolute atomic E-state index is 0.0361. The molecule has 0 bridgehead atoms. The molecule has 0 spiro atoms. The van der Waals surface area contributed by atoms with Crippen molar-refractivity contribution in [2.75, 3.05) is 0 Å². The number of ether oxygens (including phenoxy) is 2. The van der Waals surface area contributed by atoms with E-state index in [1.54, 1.807) is 0 Å². The Labute approximate surface area is 116 Å². The lowest BCUT2D eigenvalue weighted by Crippen LogP contribution is -2.52. The smallest absolute Gasteiger partial charge is 0.326 e. The van der Waals surface area contributed by atoms with E-state index < -0.39 is 5.54 Å². The van der Waals surface area contributed by atoms with E-state index in [0.29, 0.717) is 5.92 Å². The molecule has 4 nitrogen and oxygen atoms in total. The molecule has 0 aromatic heterocycles. The third-order valence-electron chi connectivity index (χ3n) is 4.50. The van der Waals surface area contributed by atoms with Crippen LogP contribution in [0.3, 0.4) is 0 Å². The monoisotopic (exact) mass is 269 g/mol. The molecule has 19 heavy (non-hydrogen) atoms. The summed E-state index contributed by atoms with van der Waals surface area (Å²) >= 11 is 0. The number of carbonyl (C=O) groups is 1. The molecule has 110 valence electrons. The Morgan fingerprint density at radius 1 is 1.16 bits per heavy atom. The van der Waals surface area contributed by atoms with Gasteiger partial charge in [-0.15, -0.1) is 0 Å². The molecular weight excluding hydrogens is 242 g/mol. The molecule has 2 fully saturated rings. The maximum Gasteiger partial charge on any atom is 0.326 e. The predicted octanol–water partition coefficient (Wildman–Crippen LogP) is 2.39. The Morgan fingerprint density at radius 2 is 1.68 bits per heavy atom. The van der Waals surface area contributed by atoms with Gasteiger partial charge in [-0.1, -0.05) is 6.92 Å². The highest BCUT2D eigenvalue weighted by atomic mass is 16.6. The zero-order valence-electron chi connectivity index (χ0n) is 12.4. The van der Waals surface area contributed by atoms with Crippen molar-refractivity contribution in [2.45, 2.75) is 83.1 Å². The summed E-state index contributed by atoms with van der Waals surface area (Å²) in [6, 6.07) is 0. The third kappa shape index (κ3) is 3.69. The first-order valence-corrected chi connectivity index (χ1v) is 7.54. The Bertz CT molecular complexity index is 313. The van der Waals surface area contributed by atoms with Gasteiger partial charge in [0.25, 0.3) is 0 Å². The average molecular weight is 269 g/mol. The van der Waals surface area contributed by atoms with Crippen molar-refractivity contribution in [2.24, 2.45) is 11.7 Å². The maximum absolute atomic E-state index is 12.3. The van der Waals surface area contributed by atoms with Gasteiger partial charge in [-0.2, -0.15) is 0 Å². The van der Waals surface area contributed by atoms with Gasteiger partial charge in [0, 0.05) is 12.8 Å². The Hall–Kier alpha value is -0.610. The van der Waals surface area contributed by atoms with Gasteiger partial charge < -0.3 is 15.2 Å². The first kappa shape index (κ1) is 14.8. The second-order valence-electron chi connectivity index (χ2n) is 6.59. The number of nitrogens with two attached hydrogens (primary N) is 1. The molecule has 2 N–H and O–H groups in total. The van der Waals surface area contributed by atoms with Gasteiger partial charge in [-0.3, -0.25) is 4.79 Å². The molecule has 1 aliphatic carbocycles. The molecule has 1 aliphatic heterocycles. The molecule has 1 heterocycles. The second kappa shape index (κ2) is 5.80. The standard InChI is InChI=1S/C15H27NO3/c1-10-4-6-15(16,7-5-10)14(17)19-13-8-11(2)18-12(3)9-13/h10-13H,4-9,16H2,1-3H3. The van der Waals surface area contributed by atoms with Crippen molar-refractivity contribution >= 4 is 5.97 Å². The lowest BCUT2D eigenvalue weighted by Gasteiger charge is -2.37. The Morgan fingerprint density at radius 3 is 2.21 bits per heavy atom. The van der Waals surface area contributed by atoms with Crippen LogP contribution in [-0.4, -0.2) is 29.8 Å². The van der Waals surface area contributed by atoms with E-state index in [4.69, 9.17) is 15.2 Å². The van der Waals surface area contributed by atoms with Crippen LogP contribution in [0.2, 0.25) is 0 Å². The molecule has 0 amide bonds. The van der Waals surface area contributed by atoms with E-state index in [2.05, 4.69) is 6.92 Å². The van der Waals surface area contributed by atoms with Crippen LogP contribution in [-0.2, 0) is 14.3 Å². The van der Waals surface area contributed by atoms with Gasteiger partial charge in [0.15, 0.2) is 0 Å². The fraction of sp³-hybridized carbons (Fsp3) is 0.933. The zero-order valence-corrected chi connectivity index (χ0v) is 12.4. The summed E-state index contributed by atoms with van der Waals surface area (Å²) in [4.78, 5) is 12.3. The highest BCUT2D eigenvalue weighted by Crippen LogP contribution is 2.32. The minimum atomic E-state index is -0.753. The molecular formula is C15H27NO3. The molecule has 1 saturated heterocycles. The quantitative estimate of drug-likeness (QED) is 0.782. The van der Waals surface area contributed by atoms with Gasteiger partial charge in [-0.25, -0.2) is 0 Å². The topological polar surface area (TPSA) is 61.6 Å². The molecule has 1 saturated carbocycles. The average Bonchev–Trinajstić information content (AvgIpc) is 2.32. The van der Waals surface area contributed by atoms with Gasteiger partial charge in [0.05, 0.1) is 12.2 Å². The fourth-order valence-corrected chi connectivity index (χ4v) is 3.19. The van der Waals surface area contributed by atoms with Crippen molar-refractivity contribution < 1.29 is 14.3 Å². The van der Waals surface area contributed by atoms with Crippen molar-refractivity contribution in [3.8, 4) is 0 Å².